The number of carbonyl (C=O) groups is 1. The standard InChI is InChI=1S/C18H16N6O2/c25-17(11-14-13-3-1-2-4-16(13)26-23-14)21-7-9-24-10-8-22-18(24)15-12-19-5-6-20-15/h1-6,8,10,12H,7,9,11H2,(H,21,25). The Kier molecular flexibility index (Phi) is 4.38. The molecule has 8 nitrogen and oxygen atoms in total. The number of carbonyl (C=O) groups excluding carboxylic acids is 1. The monoisotopic (exact) mass is 348 g/mol. The topological polar surface area (TPSA) is 98.7 Å². The molecular weight excluding hydrogens is 332 g/mol. The first-order chi connectivity index (χ1) is 12.8. The lowest BCUT2D eigenvalue weighted by Gasteiger charge is -2.08. The Labute approximate surface area is 148 Å². The van der Waals surface area contributed by atoms with Gasteiger partial charge in [0.2, 0.25) is 5.91 Å². The second-order valence-electron chi connectivity index (χ2n) is 5.69. The highest BCUT2D eigenvalue weighted by atomic mass is 16.5. The fourth-order valence-electron chi connectivity index (χ4n) is 2.73. The third kappa shape index (κ3) is 3.30. The van der Waals surface area contributed by atoms with E-state index >= 15 is 0 Å². The highest BCUT2D eigenvalue weighted by Gasteiger charge is 2.12. The van der Waals surface area contributed by atoms with Gasteiger partial charge in [-0.05, 0) is 12.1 Å². The van der Waals surface area contributed by atoms with Crippen LogP contribution < -0.4 is 5.32 Å². The molecule has 1 aromatic carbocycles. The van der Waals surface area contributed by atoms with Gasteiger partial charge in [-0.3, -0.25) is 9.78 Å². The Morgan fingerprint density at radius 3 is 2.96 bits per heavy atom. The van der Waals surface area contributed by atoms with Gasteiger partial charge in [0.25, 0.3) is 0 Å². The maximum absolute atomic E-state index is 12.2. The molecule has 0 spiro atoms. The van der Waals surface area contributed by atoms with Crippen molar-refractivity contribution in [2.75, 3.05) is 6.54 Å². The Hall–Kier alpha value is -3.55. The van der Waals surface area contributed by atoms with Gasteiger partial charge >= 0.3 is 0 Å². The van der Waals surface area contributed by atoms with Crippen molar-refractivity contribution in [3.8, 4) is 11.5 Å². The predicted molar refractivity (Wildman–Crippen MR) is 94.0 cm³/mol. The van der Waals surface area contributed by atoms with Crippen LogP contribution in [0.3, 0.4) is 0 Å². The number of hydrogen-bond acceptors (Lipinski definition) is 6. The molecular formula is C18H16N6O2. The Morgan fingerprint density at radius 2 is 2.08 bits per heavy atom. The van der Waals surface area contributed by atoms with E-state index in [9.17, 15) is 4.79 Å². The molecule has 3 heterocycles. The van der Waals surface area contributed by atoms with Crippen LogP contribution in [0.4, 0.5) is 0 Å². The van der Waals surface area contributed by atoms with E-state index in [2.05, 4.69) is 25.4 Å². The van der Waals surface area contributed by atoms with Crippen LogP contribution in [0, 0.1) is 0 Å². The molecule has 8 heteroatoms. The zero-order valence-electron chi connectivity index (χ0n) is 13.9. The fourth-order valence-corrected chi connectivity index (χ4v) is 2.73. The number of rotatable bonds is 6. The average molecular weight is 348 g/mol. The van der Waals surface area contributed by atoms with Gasteiger partial charge in [-0.15, -0.1) is 0 Å². The number of benzene rings is 1. The van der Waals surface area contributed by atoms with Gasteiger partial charge < -0.3 is 14.4 Å². The van der Waals surface area contributed by atoms with Crippen LogP contribution in [0.1, 0.15) is 5.69 Å². The molecule has 4 rings (SSSR count). The Bertz CT molecular complexity index is 1020. The molecule has 0 unspecified atom stereocenters. The fraction of sp³-hybridized carbons (Fsp3) is 0.167. The summed E-state index contributed by atoms with van der Waals surface area (Å²) in [6, 6.07) is 7.50. The first kappa shape index (κ1) is 15.9. The number of imidazole rings is 1. The van der Waals surface area contributed by atoms with Gasteiger partial charge in [0.15, 0.2) is 11.4 Å². The van der Waals surface area contributed by atoms with Crippen molar-refractivity contribution in [1.82, 2.24) is 30.0 Å². The van der Waals surface area contributed by atoms with Crippen molar-refractivity contribution in [3.63, 3.8) is 0 Å². The molecule has 0 saturated heterocycles. The van der Waals surface area contributed by atoms with Crippen molar-refractivity contribution in [3.05, 3.63) is 60.9 Å². The molecule has 0 atom stereocenters. The number of nitrogens with one attached hydrogen (secondary N) is 1. The van der Waals surface area contributed by atoms with Crippen LogP contribution in [-0.2, 0) is 17.8 Å². The van der Waals surface area contributed by atoms with Crippen molar-refractivity contribution in [2.45, 2.75) is 13.0 Å². The van der Waals surface area contributed by atoms with Crippen LogP contribution >= 0.6 is 0 Å². The van der Waals surface area contributed by atoms with Gasteiger partial charge in [-0.2, -0.15) is 0 Å². The summed E-state index contributed by atoms with van der Waals surface area (Å²) in [5, 5.41) is 7.74. The lowest BCUT2D eigenvalue weighted by molar-refractivity contribution is -0.120. The molecule has 0 aliphatic carbocycles. The Balaban J connectivity index is 1.35. The second-order valence-corrected chi connectivity index (χ2v) is 5.69. The molecule has 3 aromatic heterocycles. The summed E-state index contributed by atoms with van der Waals surface area (Å²) in [6.07, 6.45) is 8.63. The normalized spacial score (nSPS) is 10.9. The van der Waals surface area contributed by atoms with Crippen molar-refractivity contribution >= 4 is 16.9 Å². The summed E-state index contributed by atoms with van der Waals surface area (Å²) in [5.41, 5.74) is 2.02. The molecule has 130 valence electrons. The maximum atomic E-state index is 12.2. The van der Waals surface area contributed by atoms with E-state index in [1.54, 1.807) is 24.8 Å². The van der Waals surface area contributed by atoms with Crippen molar-refractivity contribution in [2.24, 2.45) is 0 Å². The quantitative estimate of drug-likeness (QED) is 0.571. The lowest BCUT2D eigenvalue weighted by atomic mass is 10.1. The third-order valence-corrected chi connectivity index (χ3v) is 3.96. The van der Waals surface area contributed by atoms with Crippen LogP contribution in [0.15, 0.2) is 59.8 Å². The van der Waals surface area contributed by atoms with Gasteiger partial charge in [0.1, 0.15) is 11.4 Å². The van der Waals surface area contributed by atoms with E-state index in [-0.39, 0.29) is 12.3 Å². The molecule has 1 amide bonds. The number of aromatic nitrogens is 5. The summed E-state index contributed by atoms with van der Waals surface area (Å²) >= 11 is 0. The molecule has 0 aliphatic heterocycles. The van der Waals surface area contributed by atoms with Gasteiger partial charge in [0, 0.05) is 43.3 Å². The second kappa shape index (κ2) is 7.14. The van der Waals surface area contributed by atoms with Gasteiger partial charge in [0.05, 0.1) is 12.6 Å². The van der Waals surface area contributed by atoms with E-state index in [4.69, 9.17) is 4.52 Å². The SMILES string of the molecule is O=C(Cc1noc2ccccc12)NCCn1ccnc1-c1cnccn1. The van der Waals surface area contributed by atoms with Crippen molar-refractivity contribution in [1.29, 1.82) is 0 Å². The van der Waals surface area contributed by atoms with Crippen LogP contribution in [0.2, 0.25) is 0 Å². The van der Waals surface area contributed by atoms with Gasteiger partial charge in [-0.25, -0.2) is 9.97 Å². The molecule has 0 saturated carbocycles. The minimum atomic E-state index is -0.106. The van der Waals surface area contributed by atoms with Crippen molar-refractivity contribution < 1.29 is 9.32 Å². The molecule has 26 heavy (non-hydrogen) atoms. The van der Waals surface area contributed by atoms with E-state index < -0.39 is 0 Å². The number of para-hydroxylation sites is 1. The summed E-state index contributed by atoms with van der Waals surface area (Å²) in [5.74, 6) is 0.611. The first-order valence-corrected chi connectivity index (χ1v) is 8.19. The maximum Gasteiger partial charge on any atom is 0.226 e. The summed E-state index contributed by atoms with van der Waals surface area (Å²) in [7, 11) is 0. The minimum Gasteiger partial charge on any atom is -0.356 e. The highest BCUT2D eigenvalue weighted by Crippen LogP contribution is 2.18. The summed E-state index contributed by atoms with van der Waals surface area (Å²) < 4.78 is 7.15. The lowest BCUT2D eigenvalue weighted by Crippen LogP contribution is -2.28. The number of amides is 1. The molecule has 0 aliphatic rings. The zero-order chi connectivity index (χ0) is 17.8. The van der Waals surface area contributed by atoms with E-state index in [1.165, 1.54) is 0 Å². The smallest absolute Gasteiger partial charge is 0.226 e. The van der Waals surface area contributed by atoms with E-state index in [1.807, 2.05) is 35.0 Å². The molecule has 4 aromatic rings. The zero-order valence-corrected chi connectivity index (χ0v) is 13.9. The number of hydrogen-bond donors (Lipinski definition) is 1. The molecule has 0 fully saturated rings. The third-order valence-electron chi connectivity index (χ3n) is 3.96. The van der Waals surface area contributed by atoms with E-state index in [0.29, 0.717) is 30.1 Å². The number of fused-ring (bicyclic) bond motifs is 1. The minimum absolute atomic E-state index is 0.106. The van der Waals surface area contributed by atoms with Gasteiger partial charge in [-0.1, -0.05) is 17.3 Å². The Morgan fingerprint density at radius 1 is 1.15 bits per heavy atom. The largest absolute Gasteiger partial charge is 0.356 e. The van der Waals surface area contributed by atoms with Crippen LogP contribution in [0.25, 0.3) is 22.5 Å². The van der Waals surface area contributed by atoms with E-state index in [0.717, 1.165) is 11.2 Å². The first-order valence-electron chi connectivity index (χ1n) is 8.19. The predicted octanol–water partition coefficient (Wildman–Crippen LogP) is 1.84. The van der Waals surface area contributed by atoms with Crippen LogP contribution in [0.5, 0.6) is 0 Å². The number of nitrogens with zero attached hydrogens (tertiary/aromatic N) is 5. The molecule has 1 N–H and O–H groups in total. The molecule has 0 bridgehead atoms. The summed E-state index contributed by atoms with van der Waals surface area (Å²) in [6.45, 7) is 1.05. The average Bonchev–Trinajstić information content (AvgIpc) is 3.30. The molecule has 0 radical (unpaired) electrons. The highest BCUT2D eigenvalue weighted by molar-refractivity contribution is 5.86. The summed E-state index contributed by atoms with van der Waals surface area (Å²) in [4.78, 5) is 24.8. The van der Waals surface area contributed by atoms with Crippen LogP contribution in [-0.4, -0.2) is 37.1 Å².